The molecule has 0 unspecified atom stereocenters. The Labute approximate surface area is 143 Å². The summed E-state index contributed by atoms with van der Waals surface area (Å²) in [6.07, 6.45) is -0.104. The molecular formula is C16H25N3O4S. The van der Waals surface area contributed by atoms with Crippen LogP contribution < -0.4 is 15.4 Å². The van der Waals surface area contributed by atoms with Crippen molar-refractivity contribution >= 4 is 21.4 Å². The Hall–Kier alpha value is -1.80. The fourth-order valence-electron chi connectivity index (χ4n) is 2.65. The molecule has 2 rings (SSSR count). The summed E-state index contributed by atoms with van der Waals surface area (Å²) in [5.41, 5.74) is 6.14. The first-order valence-corrected chi connectivity index (χ1v) is 9.82. The van der Waals surface area contributed by atoms with E-state index in [1.807, 2.05) is 24.3 Å². The molecule has 1 aliphatic rings. The SMILES string of the molecule is COc1ccc(N2CCN(CCS(=O)(=O)CCC(N)=O)CC2)cc1. The van der Waals surface area contributed by atoms with Gasteiger partial charge in [0.1, 0.15) is 5.75 Å². The molecule has 1 aromatic carbocycles. The number of rotatable bonds is 8. The average molecular weight is 355 g/mol. The van der Waals surface area contributed by atoms with Crippen LogP contribution in [0.5, 0.6) is 5.75 Å². The molecule has 1 amide bonds. The van der Waals surface area contributed by atoms with Gasteiger partial charge in [-0.05, 0) is 24.3 Å². The average Bonchev–Trinajstić information content (AvgIpc) is 2.59. The molecule has 0 bridgehead atoms. The molecule has 0 radical (unpaired) electrons. The Kier molecular flexibility index (Phi) is 6.44. The summed E-state index contributed by atoms with van der Waals surface area (Å²) in [7, 11) is -1.58. The van der Waals surface area contributed by atoms with Crippen molar-refractivity contribution in [3.8, 4) is 5.75 Å². The lowest BCUT2D eigenvalue weighted by Crippen LogP contribution is -2.47. The number of ether oxygens (including phenoxy) is 1. The maximum Gasteiger partial charge on any atom is 0.218 e. The third-order valence-electron chi connectivity index (χ3n) is 4.19. The molecule has 7 nitrogen and oxygen atoms in total. The minimum Gasteiger partial charge on any atom is -0.497 e. The number of carbonyl (C=O) groups is 1. The largest absolute Gasteiger partial charge is 0.497 e. The van der Waals surface area contributed by atoms with Gasteiger partial charge in [0.05, 0.1) is 18.6 Å². The lowest BCUT2D eigenvalue weighted by atomic mass is 10.2. The van der Waals surface area contributed by atoms with Crippen molar-refractivity contribution in [2.75, 3.05) is 56.2 Å². The highest BCUT2D eigenvalue weighted by Gasteiger charge is 2.20. The zero-order valence-corrected chi connectivity index (χ0v) is 14.8. The first kappa shape index (κ1) is 18.5. The van der Waals surface area contributed by atoms with Crippen molar-refractivity contribution in [1.82, 2.24) is 4.90 Å². The van der Waals surface area contributed by atoms with Crippen LogP contribution in [0.15, 0.2) is 24.3 Å². The number of benzene rings is 1. The second-order valence-electron chi connectivity index (χ2n) is 5.89. The molecule has 134 valence electrons. The smallest absolute Gasteiger partial charge is 0.218 e. The van der Waals surface area contributed by atoms with E-state index in [0.717, 1.165) is 37.6 Å². The van der Waals surface area contributed by atoms with E-state index in [1.54, 1.807) is 7.11 Å². The van der Waals surface area contributed by atoms with Gasteiger partial charge in [-0.2, -0.15) is 0 Å². The third-order valence-corrected chi connectivity index (χ3v) is 5.82. The van der Waals surface area contributed by atoms with E-state index in [0.29, 0.717) is 6.54 Å². The molecule has 1 aromatic rings. The number of anilines is 1. The molecule has 1 aliphatic heterocycles. The molecule has 0 saturated carbocycles. The number of piperazine rings is 1. The topological polar surface area (TPSA) is 92.9 Å². The zero-order valence-electron chi connectivity index (χ0n) is 14.0. The Morgan fingerprint density at radius 1 is 1.12 bits per heavy atom. The maximum atomic E-state index is 11.9. The second kappa shape index (κ2) is 8.34. The van der Waals surface area contributed by atoms with Crippen LogP contribution in [0, 0.1) is 0 Å². The fraction of sp³-hybridized carbons (Fsp3) is 0.562. The Morgan fingerprint density at radius 2 is 1.75 bits per heavy atom. The predicted octanol–water partition coefficient (Wildman–Crippen LogP) is 0.107. The first-order chi connectivity index (χ1) is 11.4. The van der Waals surface area contributed by atoms with Crippen molar-refractivity contribution in [1.29, 1.82) is 0 Å². The zero-order chi connectivity index (χ0) is 17.6. The van der Waals surface area contributed by atoms with Crippen LogP contribution in [0.1, 0.15) is 6.42 Å². The molecule has 1 heterocycles. The lowest BCUT2D eigenvalue weighted by molar-refractivity contribution is -0.117. The van der Waals surface area contributed by atoms with Crippen LogP contribution in [-0.2, 0) is 14.6 Å². The number of primary amides is 1. The van der Waals surface area contributed by atoms with Crippen molar-refractivity contribution in [3.63, 3.8) is 0 Å². The molecule has 0 aromatic heterocycles. The van der Waals surface area contributed by atoms with Crippen LogP contribution in [0.2, 0.25) is 0 Å². The van der Waals surface area contributed by atoms with E-state index in [9.17, 15) is 13.2 Å². The van der Waals surface area contributed by atoms with Gasteiger partial charge in [-0.15, -0.1) is 0 Å². The number of hydrogen-bond acceptors (Lipinski definition) is 6. The molecule has 0 aliphatic carbocycles. The van der Waals surface area contributed by atoms with Crippen molar-refractivity contribution in [2.24, 2.45) is 5.73 Å². The molecule has 2 N–H and O–H groups in total. The normalized spacial score (nSPS) is 16.1. The number of hydrogen-bond donors (Lipinski definition) is 1. The van der Waals surface area contributed by atoms with Crippen LogP contribution in [0.3, 0.4) is 0 Å². The minimum atomic E-state index is -3.22. The van der Waals surface area contributed by atoms with Crippen molar-refractivity contribution in [2.45, 2.75) is 6.42 Å². The number of nitrogens with two attached hydrogens (primary N) is 1. The quantitative estimate of drug-likeness (QED) is 0.711. The molecule has 0 atom stereocenters. The number of nitrogens with zero attached hydrogens (tertiary/aromatic N) is 2. The van der Waals surface area contributed by atoms with Crippen LogP contribution in [-0.4, -0.2) is 70.6 Å². The summed E-state index contributed by atoms with van der Waals surface area (Å²) < 4.78 is 28.9. The van der Waals surface area contributed by atoms with Crippen LogP contribution >= 0.6 is 0 Å². The molecule has 8 heteroatoms. The van der Waals surface area contributed by atoms with Gasteiger partial charge in [0.2, 0.25) is 5.91 Å². The summed E-state index contributed by atoms with van der Waals surface area (Å²) in [4.78, 5) is 15.1. The molecule has 1 saturated heterocycles. The van der Waals surface area contributed by atoms with E-state index in [2.05, 4.69) is 9.80 Å². The third kappa shape index (κ3) is 5.68. The van der Waals surface area contributed by atoms with Gasteiger partial charge in [-0.25, -0.2) is 8.42 Å². The number of amides is 1. The second-order valence-corrected chi connectivity index (χ2v) is 8.20. The van der Waals surface area contributed by atoms with Crippen molar-refractivity contribution in [3.05, 3.63) is 24.3 Å². The van der Waals surface area contributed by atoms with E-state index >= 15 is 0 Å². The summed E-state index contributed by atoms with van der Waals surface area (Å²) in [5, 5.41) is 0. The van der Waals surface area contributed by atoms with Crippen LogP contribution in [0.25, 0.3) is 0 Å². The summed E-state index contributed by atoms with van der Waals surface area (Å²) in [6.45, 7) is 3.84. The Morgan fingerprint density at radius 3 is 2.29 bits per heavy atom. The highest BCUT2D eigenvalue weighted by molar-refractivity contribution is 7.91. The highest BCUT2D eigenvalue weighted by atomic mass is 32.2. The molecule has 1 fully saturated rings. The van der Waals surface area contributed by atoms with E-state index in [1.165, 1.54) is 0 Å². The predicted molar refractivity (Wildman–Crippen MR) is 94.1 cm³/mol. The number of sulfone groups is 1. The summed E-state index contributed by atoms with van der Waals surface area (Å²) >= 11 is 0. The summed E-state index contributed by atoms with van der Waals surface area (Å²) in [5.74, 6) is 0.168. The fourth-order valence-corrected chi connectivity index (χ4v) is 3.90. The van der Waals surface area contributed by atoms with Gasteiger partial charge in [0.25, 0.3) is 0 Å². The number of carbonyl (C=O) groups excluding carboxylic acids is 1. The van der Waals surface area contributed by atoms with Gasteiger partial charge < -0.3 is 15.4 Å². The van der Waals surface area contributed by atoms with Gasteiger partial charge in [0, 0.05) is 44.8 Å². The summed E-state index contributed by atoms with van der Waals surface area (Å²) in [6, 6.07) is 7.94. The molecule has 24 heavy (non-hydrogen) atoms. The molecular weight excluding hydrogens is 330 g/mol. The number of methoxy groups -OCH3 is 1. The van der Waals surface area contributed by atoms with Crippen molar-refractivity contribution < 1.29 is 17.9 Å². The van der Waals surface area contributed by atoms with Crippen LogP contribution in [0.4, 0.5) is 5.69 Å². The minimum absolute atomic E-state index is 0.0722. The van der Waals surface area contributed by atoms with Gasteiger partial charge in [-0.3, -0.25) is 9.69 Å². The van der Waals surface area contributed by atoms with E-state index < -0.39 is 15.7 Å². The van der Waals surface area contributed by atoms with Gasteiger partial charge in [0.15, 0.2) is 9.84 Å². The van der Waals surface area contributed by atoms with Gasteiger partial charge in [-0.1, -0.05) is 0 Å². The van der Waals surface area contributed by atoms with E-state index in [4.69, 9.17) is 10.5 Å². The van der Waals surface area contributed by atoms with Gasteiger partial charge >= 0.3 is 0 Å². The maximum absolute atomic E-state index is 11.9. The monoisotopic (exact) mass is 355 g/mol. The Balaban J connectivity index is 1.77. The highest BCUT2D eigenvalue weighted by Crippen LogP contribution is 2.20. The standard InChI is InChI=1S/C16H25N3O4S/c1-23-15-4-2-14(3-5-15)19-9-7-18(8-10-19)11-13-24(21,22)12-6-16(17)20/h2-5H,6-13H2,1H3,(H2,17,20). The lowest BCUT2D eigenvalue weighted by Gasteiger charge is -2.36. The Bertz CT molecular complexity index is 638. The van der Waals surface area contributed by atoms with E-state index in [-0.39, 0.29) is 17.9 Å². The molecule has 0 spiro atoms. The first-order valence-electron chi connectivity index (χ1n) is 8.00.